The van der Waals surface area contributed by atoms with Gasteiger partial charge < -0.3 is 10.1 Å². The van der Waals surface area contributed by atoms with Gasteiger partial charge in [-0.1, -0.05) is 12.8 Å². The van der Waals surface area contributed by atoms with Gasteiger partial charge in [-0.25, -0.2) is 4.98 Å². The molecular formula is C14H19ClN2O2. The van der Waals surface area contributed by atoms with E-state index >= 15 is 0 Å². The average molecular weight is 283 g/mol. The maximum atomic E-state index is 12.2. The lowest BCUT2D eigenvalue weighted by Crippen LogP contribution is -2.37. The molecule has 0 aromatic carbocycles. The Morgan fingerprint density at radius 3 is 2.89 bits per heavy atom. The highest BCUT2D eigenvalue weighted by atomic mass is 35.5. The Morgan fingerprint density at radius 1 is 1.53 bits per heavy atom. The van der Waals surface area contributed by atoms with Gasteiger partial charge >= 0.3 is 0 Å². The van der Waals surface area contributed by atoms with Crippen molar-refractivity contribution < 1.29 is 9.53 Å². The number of hydrogen-bond acceptors (Lipinski definition) is 3. The van der Waals surface area contributed by atoms with Crippen molar-refractivity contribution in [2.75, 3.05) is 19.5 Å². The summed E-state index contributed by atoms with van der Waals surface area (Å²) in [6.45, 7) is 0.618. The van der Waals surface area contributed by atoms with E-state index in [1.807, 2.05) is 0 Å². The first-order valence-electron chi connectivity index (χ1n) is 6.54. The zero-order valence-corrected chi connectivity index (χ0v) is 11.9. The predicted molar refractivity (Wildman–Crippen MR) is 74.7 cm³/mol. The van der Waals surface area contributed by atoms with Crippen LogP contribution in [0.15, 0.2) is 18.3 Å². The molecule has 0 saturated heterocycles. The molecule has 1 fully saturated rings. The van der Waals surface area contributed by atoms with Crippen molar-refractivity contribution >= 4 is 17.5 Å². The van der Waals surface area contributed by atoms with Gasteiger partial charge in [0.1, 0.15) is 5.56 Å². The zero-order chi connectivity index (χ0) is 13.7. The maximum Gasteiger partial charge on any atom is 0.256 e. The molecule has 19 heavy (non-hydrogen) atoms. The summed E-state index contributed by atoms with van der Waals surface area (Å²) in [6.07, 6.45) is 6.16. The molecule has 1 N–H and O–H groups in total. The Labute approximate surface area is 118 Å². The van der Waals surface area contributed by atoms with Gasteiger partial charge in [0.25, 0.3) is 5.91 Å². The lowest BCUT2D eigenvalue weighted by Gasteiger charge is -2.26. The van der Waals surface area contributed by atoms with E-state index in [9.17, 15) is 4.79 Å². The molecule has 0 radical (unpaired) electrons. The molecule has 1 aromatic rings. The summed E-state index contributed by atoms with van der Waals surface area (Å²) >= 11 is 6.06. The number of amides is 1. The van der Waals surface area contributed by atoms with Crippen molar-refractivity contribution in [2.45, 2.75) is 25.7 Å². The van der Waals surface area contributed by atoms with Crippen molar-refractivity contribution in [1.29, 1.82) is 0 Å². The van der Waals surface area contributed by atoms with E-state index in [0.29, 0.717) is 23.9 Å². The molecular weight excluding hydrogens is 264 g/mol. The fourth-order valence-electron chi connectivity index (χ4n) is 2.57. The topological polar surface area (TPSA) is 51.2 Å². The fraction of sp³-hybridized carbons (Fsp3) is 0.571. The highest BCUT2D eigenvalue weighted by molar-refractivity contribution is 6.18. The van der Waals surface area contributed by atoms with E-state index in [-0.39, 0.29) is 11.3 Å². The molecule has 4 nitrogen and oxygen atoms in total. The molecule has 1 aromatic heterocycles. The van der Waals surface area contributed by atoms with Crippen LogP contribution in [-0.4, -0.2) is 30.4 Å². The second-order valence-corrected chi connectivity index (χ2v) is 5.35. The standard InChI is InChI=1S/C14H19ClN2O2/c1-19-13-11(5-4-8-16-13)12(18)17-10-14(9-15)6-2-3-7-14/h4-5,8H,2-3,6-7,9-10H2,1H3,(H,17,18). The number of pyridine rings is 1. The summed E-state index contributed by atoms with van der Waals surface area (Å²) in [5, 5.41) is 2.96. The Kier molecular flexibility index (Phi) is 4.64. The molecule has 1 aliphatic carbocycles. The molecule has 0 bridgehead atoms. The zero-order valence-electron chi connectivity index (χ0n) is 11.1. The molecule has 0 aliphatic heterocycles. The van der Waals surface area contributed by atoms with E-state index in [1.54, 1.807) is 18.3 Å². The molecule has 0 atom stereocenters. The van der Waals surface area contributed by atoms with Crippen molar-refractivity contribution in [3.63, 3.8) is 0 Å². The number of methoxy groups -OCH3 is 1. The molecule has 5 heteroatoms. The minimum Gasteiger partial charge on any atom is -0.480 e. The number of aromatic nitrogens is 1. The number of hydrogen-bond donors (Lipinski definition) is 1. The van der Waals surface area contributed by atoms with Crippen molar-refractivity contribution in [3.8, 4) is 5.88 Å². The summed E-state index contributed by atoms with van der Waals surface area (Å²) in [4.78, 5) is 16.2. The van der Waals surface area contributed by atoms with E-state index in [0.717, 1.165) is 12.8 Å². The van der Waals surface area contributed by atoms with Crippen LogP contribution in [0.2, 0.25) is 0 Å². The van der Waals surface area contributed by atoms with E-state index < -0.39 is 0 Å². The third-order valence-electron chi connectivity index (χ3n) is 3.78. The molecule has 0 unspecified atom stereocenters. The predicted octanol–water partition coefficient (Wildman–Crippen LogP) is 2.62. The molecule has 1 amide bonds. The van der Waals surface area contributed by atoms with Crippen LogP contribution >= 0.6 is 11.6 Å². The van der Waals surface area contributed by atoms with Crippen LogP contribution in [0, 0.1) is 5.41 Å². The first-order chi connectivity index (χ1) is 9.21. The summed E-state index contributed by atoms with van der Waals surface area (Å²) in [7, 11) is 1.51. The molecule has 1 saturated carbocycles. The number of nitrogens with one attached hydrogen (secondary N) is 1. The minimum absolute atomic E-state index is 0.0622. The maximum absolute atomic E-state index is 12.2. The van der Waals surface area contributed by atoms with Crippen LogP contribution in [0.1, 0.15) is 36.0 Å². The van der Waals surface area contributed by atoms with Crippen LogP contribution < -0.4 is 10.1 Å². The summed E-state index contributed by atoms with van der Waals surface area (Å²) in [5.41, 5.74) is 0.528. The highest BCUT2D eigenvalue weighted by Crippen LogP contribution is 2.38. The van der Waals surface area contributed by atoms with Gasteiger partial charge in [0.15, 0.2) is 0 Å². The lowest BCUT2D eigenvalue weighted by molar-refractivity contribution is 0.0931. The SMILES string of the molecule is COc1ncccc1C(=O)NCC1(CCl)CCCC1. The Bertz CT molecular complexity index is 445. The van der Waals surface area contributed by atoms with Crippen molar-refractivity contribution in [3.05, 3.63) is 23.9 Å². The number of carbonyl (C=O) groups excluding carboxylic acids is 1. The molecule has 104 valence electrons. The van der Waals surface area contributed by atoms with Gasteiger partial charge in [0.2, 0.25) is 5.88 Å². The van der Waals surface area contributed by atoms with Gasteiger partial charge in [0.05, 0.1) is 7.11 Å². The van der Waals surface area contributed by atoms with Gasteiger partial charge in [-0.05, 0) is 25.0 Å². The number of nitrogens with zero attached hydrogens (tertiary/aromatic N) is 1. The number of halogens is 1. The van der Waals surface area contributed by atoms with Crippen molar-refractivity contribution in [1.82, 2.24) is 10.3 Å². The van der Waals surface area contributed by atoms with Crippen LogP contribution in [0.5, 0.6) is 5.88 Å². The first kappa shape index (κ1) is 14.1. The van der Waals surface area contributed by atoms with Crippen LogP contribution in [0.3, 0.4) is 0 Å². The van der Waals surface area contributed by atoms with E-state index in [1.165, 1.54) is 20.0 Å². The third-order valence-corrected chi connectivity index (χ3v) is 4.35. The van der Waals surface area contributed by atoms with Crippen LogP contribution in [-0.2, 0) is 0 Å². The molecule has 2 rings (SSSR count). The number of ether oxygens (including phenoxy) is 1. The summed E-state index contributed by atoms with van der Waals surface area (Å²) in [5.74, 6) is 0.796. The monoisotopic (exact) mass is 282 g/mol. The normalized spacial score (nSPS) is 17.2. The summed E-state index contributed by atoms with van der Waals surface area (Å²) < 4.78 is 5.09. The van der Waals surface area contributed by atoms with Gasteiger partial charge in [-0.2, -0.15) is 0 Å². The number of rotatable bonds is 5. The van der Waals surface area contributed by atoms with Crippen LogP contribution in [0.4, 0.5) is 0 Å². The summed E-state index contributed by atoms with van der Waals surface area (Å²) in [6, 6.07) is 3.44. The van der Waals surface area contributed by atoms with Crippen LogP contribution in [0.25, 0.3) is 0 Å². The second kappa shape index (κ2) is 6.24. The van der Waals surface area contributed by atoms with Crippen molar-refractivity contribution in [2.24, 2.45) is 5.41 Å². The largest absolute Gasteiger partial charge is 0.480 e. The lowest BCUT2D eigenvalue weighted by atomic mass is 9.88. The van der Waals surface area contributed by atoms with Gasteiger partial charge in [0, 0.05) is 24.0 Å². The fourth-order valence-corrected chi connectivity index (χ4v) is 2.93. The van der Waals surface area contributed by atoms with Gasteiger partial charge in [-0.15, -0.1) is 11.6 Å². The average Bonchev–Trinajstić information content (AvgIpc) is 2.94. The van der Waals surface area contributed by atoms with Gasteiger partial charge in [-0.3, -0.25) is 4.79 Å². The third kappa shape index (κ3) is 3.18. The highest BCUT2D eigenvalue weighted by Gasteiger charge is 2.33. The van der Waals surface area contributed by atoms with E-state index in [4.69, 9.17) is 16.3 Å². The smallest absolute Gasteiger partial charge is 0.256 e. The minimum atomic E-state index is -0.152. The Morgan fingerprint density at radius 2 is 2.26 bits per heavy atom. The van der Waals surface area contributed by atoms with E-state index in [2.05, 4.69) is 10.3 Å². The first-order valence-corrected chi connectivity index (χ1v) is 7.07. The molecule has 0 spiro atoms. The number of carbonyl (C=O) groups is 1. The quantitative estimate of drug-likeness (QED) is 0.845. The molecule has 1 aliphatic rings. The Balaban J connectivity index is 2.01. The molecule has 1 heterocycles. The Hall–Kier alpha value is -1.29. The second-order valence-electron chi connectivity index (χ2n) is 5.08. The number of alkyl halides is 1.